The third-order valence-corrected chi connectivity index (χ3v) is 5.74. The van der Waals surface area contributed by atoms with E-state index in [-0.39, 0.29) is 12.1 Å². The molecule has 2 aliphatic carbocycles. The lowest BCUT2D eigenvalue weighted by Gasteiger charge is -2.20. The number of hydrogen-bond donors (Lipinski definition) is 1. The van der Waals surface area contributed by atoms with E-state index in [4.69, 9.17) is 4.74 Å². The Kier molecular flexibility index (Phi) is 8.58. The van der Waals surface area contributed by atoms with E-state index < -0.39 is 0 Å². The molecule has 0 amide bonds. The third-order valence-electron chi connectivity index (χ3n) is 5.33. The summed E-state index contributed by atoms with van der Waals surface area (Å²) < 4.78 is 5.82. The van der Waals surface area contributed by atoms with Gasteiger partial charge in [-0.05, 0) is 42.2 Å². The van der Waals surface area contributed by atoms with Crippen molar-refractivity contribution in [2.75, 3.05) is 0 Å². The number of hydrogen-bond acceptors (Lipinski definition) is 3. The number of rotatable bonds is 9. The van der Waals surface area contributed by atoms with Gasteiger partial charge in [-0.2, -0.15) is 0 Å². The predicted octanol–water partition coefficient (Wildman–Crippen LogP) is 7.90. The summed E-state index contributed by atoms with van der Waals surface area (Å²) in [5.41, 5.74) is 4.43. The number of unbranched alkanes of at least 4 members (excludes halogenated alkanes) is 4. The van der Waals surface area contributed by atoms with Gasteiger partial charge in [0.15, 0.2) is 0 Å². The lowest BCUT2D eigenvalue weighted by atomic mass is 9.95. The molecule has 2 aliphatic rings. The van der Waals surface area contributed by atoms with Gasteiger partial charge in [0.1, 0.15) is 6.10 Å². The Morgan fingerprint density at radius 2 is 1.40 bits per heavy atom. The first-order valence-corrected chi connectivity index (χ1v) is 11.3. The van der Waals surface area contributed by atoms with Crippen LogP contribution in [0.2, 0.25) is 0 Å². The van der Waals surface area contributed by atoms with E-state index in [1.165, 1.54) is 36.8 Å². The van der Waals surface area contributed by atoms with Crippen LogP contribution >= 0.6 is 12.6 Å². The minimum Gasteiger partial charge on any atom is -0.454 e. The van der Waals surface area contributed by atoms with Gasteiger partial charge in [-0.15, -0.1) is 12.6 Å². The number of ether oxygens (including phenoxy) is 1. The van der Waals surface area contributed by atoms with Crippen molar-refractivity contribution in [1.82, 2.24) is 0 Å². The monoisotopic (exact) mass is 418 g/mol. The molecule has 0 heterocycles. The highest BCUT2D eigenvalue weighted by atomic mass is 32.1. The SMILES string of the molecule is CCCCCCCC(OC(=O)c1ccccc1)c1ccccc1S.c1cc2ccc1-2. The first kappa shape index (κ1) is 22.2. The fraction of sp³-hybridized carbons (Fsp3) is 0.296. The summed E-state index contributed by atoms with van der Waals surface area (Å²) >= 11 is 4.53. The van der Waals surface area contributed by atoms with E-state index in [0.29, 0.717) is 5.56 Å². The number of benzene rings is 3. The summed E-state index contributed by atoms with van der Waals surface area (Å²) in [6.45, 7) is 2.21. The van der Waals surface area contributed by atoms with Gasteiger partial charge in [-0.25, -0.2) is 4.79 Å². The Labute approximate surface area is 185 Å². The average molecular weight is 419 g/mol. The van der Waals surface area contributed by atoms with Crippen molar-refractivity contribution in [3.05, 3.63) is 90.0 Å². The largest absolute Gasteiger partial charge is 0.454 e. The smallest absolute Gasteiger partial charge is 0.338 e. The molecule has 3 heteroatoms. The molecule has 2 nitrogen and oxygen atoms in total. The highest BCUT2D eigenvalue weighted by molar-refractivity contribution is 7.80. The van der Waals surface area contributed by atoms with Crippen LogP contribution in [0.1, 0.15) is 67.5 Å². The zero-order chi connectivity index (χ0) is 21.2. The van der Waals surface area contributed by atoms with Crippen molar-refractivity contribution in [1.29, 1.82) is 0 Å². The van der Waals surface area contributed by atoms with Crippen LogP contribution in [0.15, 0.2) is 83.8 Å². The normalized spacial score (nSPS) is 11.8. The van der Waals surface area contributed by atoms with Crippen LogP contribution in [-0.2, 0) is 4.74 Å². The maximum absolute atomic E-state index is 12.4. The highest BCUT2D eigenvalue weighted by Crippen LogP contribution is 2.30. The van der Waals surface area contributed by atoms with Crippen molar-refractivity contribution in [3.63, 3.8) is 0 Å². The second-order valence-corrected chi connectivity index (χ2v) is 8.08. The lowest BCUT2D eigenvalue weighted by molar-refractivity contribution is 0.0264. The molecule has 1 atom stereocenters. The van der Waals surface area contributed by atoms with Crippen molar-refractivity contribution in [2.45, 2.75) is 56.4 Å². The van der Waals surface area contributed by atoms with E-state index in [1.54, 1.807) is 12.1 Å². The van der Waals surface area contributed by atoms with Crippen LogP contribution in [0.25, 0.3) is 11.1 Å². The molecule has 1 unspecified atom stereocenters. The van der Waals surface area contributed by atoms with Gasteiger partial charge in [-0.1, -0.05) is 93.3 Å². The van der Waals surface area contributed by atoms with Gasteiger partial charge in [0.2, 0.25) is 0 Å². The standard InChI is InChI=1S/C21H26O2S.C6H4/c1-2-3-4-5-9-15-19(18-14-10-11-16-20(18)24)23-21(22)17-12-7-6-8-13-17;1-2-6-4-3-5(1)6/h6-8,10-14,16,19,24H,2-5,9,15H2,1H3;1-4H. The van der Waals surface area contributed by atoms with Gasteiger partial charge < -0.3 is 4.74 Å². The fourth-order valence-corrected chi connectivity index (χ4v) is 3.71. The third kappa shape index (κ3) is 6.24. The van der Waals surface area contributed by atoms with Gasteiger partial charge in [0.25, 0.3) is 0 Å². The van der Waals surface area contributed by atoms with Gasteiger partial charge >= 0.3 is 5.97 Å². The quantitative estimate of drug-likeness (QED) is 0.170. The molecule has 2 aromatic rings. The Balaban J connectivity index is 0.000000357. The minimum atomic E-state index is -0.272. The summed E-state index contributed by atoms with van der Waals surface area (Å²) in [6.07, 6.45) is 6.53. The van der Waals surface area contributed by atoms with E-state index in [2.05, 4.69) is 43.8 Å². The second-order valence-electron chi connectivity index (χ2n) is 7.60. The van der Waals surface area contributed by atoms with Gasteiger partial charge in [0.05, 0.1) is 5.56 Å². The van der Waals surface area contributed by atoms with Crippen molar-refractivity contribution in [3.8, 4) is 11.1 Å². The Morgan fingerprint density at radius 3 is 1.97 bits per heavy atom. The zero-order valence-electron chi connectivity index (χ0n) is 17.6. The predicted molar refractivity (Wildman–Crippen MR) is 127 cm³/mol. The number of thiol groups is 1. The molecule has 156 valence electrons. The number of esters is 1. The van der Waals surface area contributed by atoms with Gasteiger partial charge in [0, 0.05) is 10.5 Å². The Hall–Kier alpha value is -2.52. The molecule has 0 N–H and O–H groups in total. The summed E-state index contributed by atoms with van der Waals surface area (Å²) in [5, 5.41) is 0. The molecule has 0 fully saturated rings. The molecule has 0 saturated carbocycles. The van der Waals surface area contributed by atoms with Crippen molar-refractivity contribution < 1.29 is 9.53 Å². The maximum Gasteiger partial charge on any atom is 0.338 e. The van der Waals surface area contributed by atoms with Crippen molar-refractivity contribution >= 4 is 18.6 Å². The first-order valence-electron chi connectivity index (χ1n) is 10.8. The van der Waals surface area contributed by atoms with Crippen LogP contribution in [0.3, 0.4) is 0 Å². The molecule has 2 aromatic carbocycles. The number of fused-ring (bicyclic) bond motifs is 1. The molecule has 4 rings (SSSR count). The zero-order valence-corrected chi connectivity index (χ0v) is 18.5. The highest BCUT2D eigenvalue weighted by Gasteiger charge is 2.19. The summed E-state index contributed by atoms with van der Waals surface area (Å²) in [6, 6.07) is 25.5. The Bertz CT molecular complexity index is 898. The molecule has 30 heavy (non-hydrogen) atoms. The van der Waals surface area contributed by atoms with E-state index >= 15 is 0 Å². The van der Waals surface area contributed by atoms with Crippen LogP contribution < -0.4 is 0 Å². The van der Waals surface area contributed by atoms with Crippen LogP contribution in [-0.4, -0.2) is 5.97 Å². The van der Waals surface area contributed by atoms with Crippen LogP contribution in [0, 0.1) is 0 Å². The van der Waals surface area contributed by atoms with Gasteiger partial charge in [-0.3, -0.25) is 0 Å². The molecule has 0 spiro atoms. The molecular formula is C27H30O2S. The number of carbonyl (C=O) groups excluding carboxylic acids is 1. The van der Waals surface area contributed by atoms with E-state index in [9.17, 15) is 4.79 Å². The topological polar surface area (TPSA) is 26.3 Å². The summed E-state index contributed by atoms with van der Waals surface area (Å²) in [4.78, 5) is 13.3. The molecule has 0 aliphatic heterocycles. The fourth-order valence-electron chi connectivity index (χ4n) is 3.41. The van der Waals surface area contributed by atoms with Crippen molar-refractivity contribution in [2.24, 2.45) is 0 Å². The molecular weight excluding hydrogens is 388 g/mol. The van der Waals surface area contributed by atoms with Crippen LogP contribution in [0.5, 0.6) is 0 Å². The Morgan fingerprint density at radius 1 is 0.800 bits per heavy atom. The second kappa shape index (κ2) is 11.6. The lowest BCUT2D eigenvalue weighted by Crippen LogP contribution is -2.12. The number of carbonyl (C=O) groups is 1. The molecule has 0 radical (unpaired) electrons. The maximum atomic E-state index is 12.4. The average Bonchev–Trinajstić information content (AvgIpc) is 2.76. The summed E-state index contributed by atoms with van der Waals surface area (Å²) in [5.74, 6) is -0.272. The molecule has 0 bridgehead atoms. The van der Waals surface area contributed by atoms with E-state index in [0.717, 1.165) is 23.3 Å². The van der Waals surface area contributed by atoms with E-state index in [1.807, 2.05) is 42.5 Å². The van der Waals surface area contributed by atoms with Crippen LogP contribution in [0.4, 0.5) is 0 Å². The summed E-state index contributed by atoms with van der Waals surface area (Å²) in [7, 11) is 0. The first-order chi connectivity index (χ1) is 14.7. The minimum absolute atomic E-state index is 0.243. The molecule has 0 saturated heterocycles. The molecule has 0 aromatic heterocycles.